The fourth-order valence-corrected chi connectivity index (χ4v) is 2.31. The lowest BCUT2D eigenvalue weighted by atomic mass is 9.97. The molecule has 0 bridgehead atoms. The molecule has 0 amide bonds. The Labute approximate surface area is 80.4 Å². The molecule has 2 rings (SSSR count). The highest BCUT2D eigenvalue weighted by atomic mass is 15.2. The third-order valence-corrected chi connectivity index (χ3v) is 3.56. The van der Waals surface area contributed by atoms with Gasteiger partial charge in [-0.25, -0.2) is 0 Å². The van der Waals surface area contributed by atoms with E-state index in [2.05, 4.69) is 46.0 Å². The third kappa shape index (κ3) is 1.19. The van der Waals surface area contributed by atoms with Crippen LogP contribution in [0.25, 0.3) is 0 Å². The number of rotatable bonds is 0. The molecule has 0 fully saturated rings. The molecule has 1 aliphatic rings. The number of likely N-dealkylation sites (N-methyl/N-ethyl adjacent to an activating group) is 1. The van der Waals surface area contributed by atoms with E-state index in [1.165, 1.54) is 11.3 Å². The highest BCUT2D eigenvalue weighted by molar-refractivity contribution is 5.47. The Morgan fingerprint density at radius 2 is 1.92 bits per heavy atom. The summed E-state index contributed by atoms with van der Waals surface area (Å²) in [7, 11) is 2.27. The van der Waals surface area contributed by atoms with Crippen LogP contribution >= 0.6 is 0 Å². The maximum atomic E-state index is 2.34. The van der Waals surface area contributed by atoms with Crippen LogP contribution in [0, 0.1) is 6.92 Å². The molecular formula is C12H18N+. The summed E-state index contributed by atoms with van der Waals surface area (Å²) in [5.74, 6) is 0.704. The van der Waals surface area contributed by atoms with Crippen molar-refractivity contribution < 1.29 is 4.90 Å². The highest BCUT2D eigenvalue weighted by Gasteiger charge is 2.34. The Bertz CT molecular complexity index is 330. The van der Waals surface area contributed by atoms with Gasteiger partial charge in [-0.2, -0.15) is 0 Å². The van der Waals surface area contributed by atoms with Gasteiger partial charge in [0.05, 0.1) is 13.1 Å². The predicted molar refractivity (Wildman–Crippen MR) is 55.6 cm³/mol. The van der Waals surface area contributed by atoms with Crippen LogP contribution in [-0.2, 0) is 0 Å². The van der Waals surface area contributed by atoms with E-state index in [4.69, 9.17) is 0 Å². The summed E-state index contributed by atoms with van der Waals surface area (Å²) in [6.07, 6.45) is 0. The Hall–Kier alpha value is -0.820. The Morgan fingerprint density at radius 3 is 2.62 bits per heavy atom. The van der Waals surface area contributed by atoms with Gasteiger partial charge >= 0.3 is 0 Å². The number of nitrogens with one attached hydrogen (secondary N) is 1. The number of aryl methyl sites for hydroxylation is 1. The minimum absolute atomic E-state index is 0.704. The van der Waals surface area contributed by atoms with Gasteiger partial charge in [0, 0.05) is 11.5 Å². The molecule has 0 saturated carbocycles. The first-order valence-corrected chi connectivity index (χ1v) is 5.05. The van der Waals surface area contributed by atoms with Crippen LogP contribution in [0.15, 0.2) is 18.2 Å². The predicted octanol–water partition coefficient (Wildman–Crippen LogP) is 1.65. The van der Waals surface area contributed by atoms with Crippen molar-refractivity contribution in [2.24, 2.45) is 0 Å². The van der Waals surface area contributed by atoms with Crippen LogP contribution in [-0.4, -0.2) is 13.1 Å². The lowest BCUT2D eigenvalue weighted by Crippen LogP contribution is -3.06. The molecule has 1 aromatic rings. The second-order valence-corrected chi connectivity index (χ2v) is 4.35. The Kier molecular flexibility index (Phi) is 1.92. The smallest absolute Gasteiger partial charge is 0.134 e. The zero-order valence-electron chi connectivity index (χ0n) is 8.89. The van der Waals surface area contributed by atoms with Crippen molar-refractivity contribution in [2.75, 3.05) is 7.05 Å². The zero-order valence-corrected chi connectivity index (χ0v) is 8.89. The fraction of sp³-hybridized carbons (Fsp3) is 0.500. The third-order valence-electron chi connectivity index (χ3n) is 3.56. The quantitative estimate of drug-likeness (QED) is 0.613. The first kappa shape index (κ1) is 8.76. The van der Waals surface area contributed by atoms with Gasteiger partial charge in [0.15, 0.2) is 0 Å². The van der Waals surface area contributed by atoms with Crippen molar-refractivity contribution in [2.45, 2.75) is 32.7 Å². The number of hydrogen-bond acceptors (Lipinski definition) is 0. The molecule has 13 heavy (non-hydrogen) atoms. The van der Waals surface area contributed by atoms with Crippen LogP contribution in [0.2, 0.25) is 0 Å². The van der Waals surface area contributed by atoms with E-state index in [9.17, 15) is 0 Å². The zero-order chi connectivity index (χ0) is 9.59. The maximum Gasteiger partial charge on any atom is 0.134 e. The monoisotopic (exact) mass is 176 g/mol. The van der Waals surface area contributed by atoms with Crippen molar-refractivity contribution in [3.8, 4) is 0 Å². The average Bonchev–Trinajstić information content (AvgIpc) is 2.32. The first-order valence-electron chi connectivity index (χ1n) is 5.05. The summed E-state index contributed by atoms with van der Waals surface area (Å²) in [5, 5.41) is 0. The molecular weight excluding hydrogens is 158 g/mol. The molecule has 0 radical (unpaired) electrons. The molecule has 1 heterocycles. The average molecular weight is 176 g/mol. The highest BCUT2D eigenvalue weighted by Crippen LogP contribution is 2.30. The van der Waals surface area contributed by atoms with Crippen LogP contribution in [0.5, 0.6) is 0 Å². The van der Waals surface area contributed by atoms with Crippen molar-refractivity contribution >= 4 is 5.69 Å². The molecule has 1 heteroatoms. The van der Waals surface area contributed by atoms with Gasteiger partial charge in [0.1, 0.15) is 5.69 Å². The van der Waals surface area contributed by atoms with Gasteiger partial charge in [0.25, 0.3) is 0 Å². The summed E-state index contributed by atoms with van der Waals surface area (Å²) in [6, 6.07) is 7.55. The second-order valence-electron chi connectivity index (χ2n) is 4.35. The molecule has 0 saturated heterocycles. The topological polar surface area (TPSA) is 4.44 Å². The van der Waals surface area contributed by atoms with Crippen molar-refractivity contribution in [1.29, 1.82) is 0 Å². The summed E-state index contributed by atoms with van der Waals surface area (Å²) >= 11 is 0. The van der Waals surface area contributed by atoms with Gasteiger partial charge < -0.3 is 4.90 Å². The fourth-order valence-electron chi connectivity index (χ4n) is 2.31. The molecule has 0 aromatic heterocycles. The summed E-state index contributed by atoms with van der Waals surface area (Å²) in [4.78, 5) is 1.56. The molecule has 1 N–H and O–H groups in total. The van der Waals surface area contributed by atoms with E-state index in [-0.39, 0.29) is 0 Å². The van der Waals surface area contributed by atoms with E-state index in [0.29, 0.717) is 5.92 Å². The Balaban J connectivity index is 2.54. The molecule has 1 nitrogen and oxygen atoms in total. The van der Waals surface area contributed by atoms with Gasteiger partial charge in [-0.3, -0.25) is 0 Å². The maximum absolute atomic E-state index is 2.34. The molecule has 70 valence electrons. The largest absolute Gasteiger partial charge is 0.302 e. The van der Waals surface area contributed by atoms with E-state index in [1.807, 2.05) is 0 Å². The lowest BCUT2D eigenvalue weighted by Gasteiger charge is -2.14. The standard InChI is InChI=1S/C12H17N/c1-8-5-6-12-11(7-8)9(2)10(3)13(12)4/h5-7,9-10H,1-4H3/p+1. The van der Waals surface area contributed by atoms with Crippen molar-refractivity contribution in [1.82, 2.24) is 0 Å². The van der Waals surface area contributed by atoms with Crippen LogP contribution in [0.3, 0.4) is 0 Å². The number of fused-ring (bicyclic) bond motifs is 1. The molecule has 3 atom stereocenters. The van der Waals surface area contributed by atoms with Gasteiger partial charge in [-0.15, -0.1) is 0 Å². The Morgan fingerprint density at radius 1 is 1.23 bits per heavy atom. The molecule has 0 spiro atoms. The van der Waals surface area contributed by atoms with Crippen LogP contribution in [0.1, 0.15) is 30.9 Å². The lowest BCUT2D eigenvalue weighted by molar-refractivity contribution is -0.831. The van der Waals surface area contributed by atoms with Crippen molar-refractivity contribution in [3.63, 3.8) is 0 Å². The summed E-state index contributed by atoms with van der Waals surface area (Å²) in [5.41, 5.74) is 4.42. The summed E-state index contributed by atoms with van der Waals surface area (Å²) < 4.78 is 0. The molecule has 1 aromatic carbocycles. The SMILES string of the molecule is Cc1ccc2c(c1)C(C)C(C)[NH+]2C. The molecule has 0 aliphatic carbocycles. The number of hydrogen-bond donors (Lipinski definition) is 1. The van der Waals surface area contributed by atoms with E-state index in [1.54, 1.807) is 10.5 Å². The minimum Gasteiger partial charge on any atom is -0.302 e. The van der Waals surface area contributed by atoms with Crippen LogP contribution < -0.4 is 4.90 Å². The second kappa shape index (κ2) is 2.85. The van der Waals surface area contributed by atoms with E-state index >= 15 is 0 Å². The first-order chi connectivity index (χ1) is 6.11. The normalized spacial score (nSPS) is 31.8. The number of benzene rings is 1. The minimum atomic E-state index is 0.704. The van der Waals surface area contributed by atoms with Gasteiger partial charge in [-0.1, -0.05) is 18.6 Å². The molecule has 1 aliphatic heterocycles. The van der Waals surface area contributed by atoms with E-state index < -0.39 is 0 Å². The van der Waals surface area contributed by atoms with Crippen LogP contribution in [0.4, 0.5) is 5.69 Å². The number of quaternary nitrogens is 1. The van der Waals surface area contributed by atoms with E-state index in [0.717, 1.165) is 6.04 Å². The van der Waals surface area contributed by atoms with Gasteiger partial charge in [0.2, 0.25) is 0 Å². The summed E-state index contributed by atoms with van der Waals surface area (Å²) in [6.45, 7) is 6.83. The van der Waals surface area contributed by atoms with Gasteiger partial charge in [-0.05, 0) is 26.0 Å². The molecule has 3 unspecified atom stereocenters. The van der Waals surface area contributed by atoms with Crippen molar-refractivity contribution in [3.05, 3.63) is 29.3 Å².